The molecule has 0 N–H and O–H groups in total. The number of hydrogen-bond acceptors (Lipinski definition) is 6. The molecule has 0 fully saturated rings. The number of amides is 1. The van der Waals surface area contributed by atoms with Crippen molar-refractivity contribution in [1.29, 1.82) is 5.26 Å². The lowest BCUT2D eigenvalue weighted by Gasteiger charge is -2.24. The number of nitrogens with zero attached hydrogens (tertiary/aromatic N) is 4. The highest BCUT2D eigenvalue weighted by Gasteiger charge is 2.34. The van der Waals surface area contributed by atoms with E-state index < -0.39 is 0 Å². The molecule has 0 saturated heterocycles. The highest BCUT2D eigenvalue weighted by Crippen LogP contribution is 2.35. The van der Waals surface area contributed by atoms with Crippen LogP contribution in [0.5, 0.6) is 0 Å². The minimum atomic E-state index is -0.113. The van der Waals surface area contributed by atoms with Crippen LogP contribution in [0.15, 0.2) is 69.7 Å². The number of hydrogen-bond donors (Lipinski definition) is 0. The fourth-order valence-corrected chi connectivity index (χ4v) is 4.26. The van der Waals surface area contributed by atoms with Crippen molar-refractivity contribution in [2.24, 2.45) is 5.10 Å². The first-order valence-electron chi connectivity index (χ1n) is 9.28. The van der Waals surface area contributed by atoms with Crippen LogP contribution in [-0.4, -0.2) is 35.1 Å². The number of hydrazone groups is 1. The molecule has 0 spiro atoms. The molecule has 29 heavy (non-hydrogen) atoms. The third kappa shape index (κ3) is 4.29. The van der Waals surface area contributed by atoms with Crippen molar-refractivity contribution in [3.8, 4) is 6.07 Å². The first-order chi connectivity index (χ1) is 14.1. The van der Waals surface area contributed by atoms with Crippen molar-refractivity contribution in [3.05, 3.63) is 81.9 Å². The number of carbonyl (C=O) groups is 1. The van der Waals surface area contributed by atoms with Gasteiger partial charge in [0.2, 0.25) is 0 Å². The van der Waals surface area contributed by atoms with Crippen LogP contribution in [0.25, 0.3) is 0 Å². The summed E-state index contributed by atoms with van der Waals surface area (Å²) >= 11 is 1.62. The summed E-state index contributed by atoms with van der Waals surface area (Å²) in [5.74, 6) is 0.632. The largest absolute Gasteiger partial charge is 0.463 e. The van der Waals surface area contributed by atoms with Gasteiger partial charge in [0, 0.05) is 17.8 Å². The van der Waals surface area contributed by atoms with Crippen molar-refractivity contribution in [2.45, 2.75) is 19.0 Å². The number of furan rings is 1. The Morgan fingerprint density at radius 2 is 2.24 bits per heavy atom. The predicted molar refractivity (Wildman–Crippen MR) is 111 cm³/mol. The zero-order chi connectivity index (χ0) is 20.2. The van der Waals surface area contributed by atoms with Crippen molar-refractivity contribution in [3.63, 3.8) is 0 Å². The molecule has 1 atom stereocenters. The average Bonchev–Trinajstić information content (AvgIpc) is 3.48. The van der Waals surface area contributed by atoms with Gasteiger partial charge < -0.3 is 4.42 Å². The molecule has 146 valence electrons. The maximum Gasteiger partial charge on any atom is 0.257 e. The van der Waals surface area contributed by atoms with Crippen LogP contribution in [0.3, 0.4) is 0 Å². The molecule has 1 unspecified atom stereocenters. The van der Waals surface area contributed by atoms with Gasteiger partial charge in [0.15, 0.2) is 0 Å². The van der Waals surface area contributed by atoms with Gasteiger partial charge in [-0.25, -0.2) is 5.01 Å². The van der Waals surface area contributed by atoms with E-state index in [2.05, 4.69) is 11.2 Å². The molecule has 2 aromatic heterocycles. The molecule has 1 aliphatic rings. The van der Waals surface area contributed by atoms with E-state index in [9.17, 15) is 4.79 Å². The van der Waals surface area contributed by atoms with Crippen LogP contribution < -0.4 is 0 Å². The third-order valence-corrected chi connectivity index (χ3v) is 5.73. The summed E-state index contributed by atoms with van der Waals surface area (Å²) in [5.41, 5.74) is 2.40. The molecule has 6 nitrogen and oxygen atoms in total. The summed E-state index contributed by atoms with van der Waals surface area (Å²) in [7, 11) is 1.89. The topological polar surface area (TPSA) is 72.8 Å². The molecular formula is C22H20N4O2S. The Balaban J connectivity index is 1.49. The van der Waals surface area contributed by atoms with Gasteiger partial charge in [-0.05, 0) is 48.3 Å². The lowest BCUT2D eigenvalue weighted by molar-refractivity contribution is -0.134. The Bertz CT molecular complexity index is 1050. The van der Waals surface area contributed by atoms with Gasteiger partial charge in [-0.1, -0.05) is 18.2 Å². The van der Waals surface area contributed by atoms with Crippen LogP contribution in [0.1, 0.15) is 34.2 Å². The number of likely N-dealkylation sites (N-methyl/N-ethyl adjacent to an activating group) is 1. The average molecular weight is 404 g/mol. The monoisotopic (exact) mass is 404 g/mol. The number of benzene rings is 1. The number of rotatable bonds is 6. The van der Waals surface area contributed by atoms with Crippen molar-refractivity contribution < 1.29 is 9.21 Å². The first-order valence-corrected chi connectivity index (χ1v) is 10.2. The lowest BCUT2D eigenvalue weighted by atomic mass is 10.1. The molecule has 1 aromatic carbocycles. The maximum absolute atomic E-state index is 13.1. The van der Waals surface area contributed by atoms with Crippen LogP contribution >= 0.6 is 11.3 Å². The number of thiophene rings is 1. The van der Waals surface area contributed by atoms with Crippen LogP contribution in [0.4, 0.5) is 0 Å². The molecular weight excluding hydrogens is 384 g/mol. The van der Waals surface area contributed by atoms with E-state index in [0.717, 1.165) is 16.2 Å². The quantitative estimate of drug-likeness (QED) is 0.622. The molecule has 3 heterocycles. The maximum atomic E-state index is 13.1. The summed E-state index contributed by atoms with van der Waals surface area (Å²) < 4.78 is 5.49. The van der Waals surface area contributed by atoms with Gasteiger partial charge in [-0.15, -0.1) is 11.3 Å². The number of carbonyl (C=O) groups excluding carboxylic acids is 1. The SMILES string of the molecule is CN(CC(=O)N1N=C(c2ccco2)CC1c1cccs1)Cc1cccc(C#N)c1. The normalized spacial score (nSPS) is 16.1. The smallest absolute Gasteiger partial charge is 0.257 e. The molecule has 1 aliphatic heterocycles. The third-order valence-electron chi connectivity index (χ3n) is 4.76. The van der Waals surface area contributed by atoms with E-state index >= 15 is 0 Å². The van der Waals surface area contributed by atoms with E-state index in [1.165, 1.54) is 0 Å². The molecule has 0 aliphatic carbocycles. The molecule has 0 radical (unpaired) electrons. The van der Waals surface area contributed by atoms with Gasteiger partial charge in [0.1, 0.15) is 11.5 Å². The standard InChI is InChI=1S/C22H20N4O2S/c1-25(14-17-6-2-5-16(11-17)13-23)15-22(27)26-19(21-8-4-10-29-21)12-18(24-26)20-7-3-9-28-20/h2-11,19H,12,14-15H2,1H3. The van der Waals surface area contributed by atoms with Gasteiger partial charge in [0.25, 0.3) is 5.91 Å². The predicted octanol–water partition coefficient (Wildman–Crippen LogP) is 4.02. The Morgan fingerprint density at radius 1 is 1.34 bits per heavy atom. The zero-order valence-corrected chi connectivity index (χ0v) is 16.8. The molecule has 1 amide bonds. The Kier molecular flexibility index (Phi) is 5.56. The van der Waals surface area contributed by atoms with Gasteiger partial charge in [-0.2, -0.15) is 10.4 Å². The minimum absolute atomic E-state index is 0.0658. The summed E-state index contributed by atoms with van der Waals surface area (Å²) in [6, 6.07) is 17.2. The van der Waals surface area contributed by atoms with Crippen LogP contribution in [0.2, 0.25) is 0 Å². The highest BCUT2D eigenvalue weighted by molar-refractivity contribution is 7.10. The van der Waals surface area contributed by atoms with E-state index in [1.54, 1.807) is 28.7 Å². The van der Waals surface area contributed by atoms with Gasteiger partial charge in [-0.3, -0.25) is 9.69 Å². The molecule has 0 saturated carbocycles. The Morgan fingerprint density at radius 3 is 2.97 bits per heavy atom. The molecule has 4 rings (SSSR count). The van der Waals surface area contributed by atoms with Crippen molar-refractivity contribution >= 4 is 23.0 Å². The summed E-state index contributed by atoms with van der Waals surface area (Å²) in [5, 5.41) is 17.3. The zero-order valence-electron chi connectivity index (χ0n) is 16.0. The lowest BCUT2D eigenvalue weighted by Crippen LogP contribution is -2.36. The van der Waals surface area contributed by atoms with Crippen molar-refractivity contribution in [2.75, 3.05) is 13.6 Å². The fraction of sp³-hybridized carbons (Fsp3) is 0.227. The first kappa shape index (κ1) is 19.1. The van der Waals surface area contributed by atoms with Crippen molar-refractivity contribution in [1.82, 2.24) is 9.91 Å². The second-order valence-corrected chi connectivity index (χ2v) is 7.96. The second kappa shape index (κ2) is 8.43. The van der Waals surface area contributed by atoms with Gasteiger partial charge in [0.05, 0.1) is 30.5 Å². The Hall–Kier alpha value is -3.21. The second-order valence-electron chi connectivity index (χ2n) is 6.98. The summed E-state index contributed by atoms with van der Waals surface area (Å²) in [6.07, 6.45) is 2.25. The molecule has 3 aromatic rings. The van der Waals surface area contributed by atoms with E-state index in [0.29, 0.717) is 24.3 Å². The van der Waals surface area contributed by atoms with E-state index in [4.69, 9.17) is 9.68 Å². The summed E-state index contributed by atoms with van der Waals surface area (Å²) in [6.45, 7) is 0.807. The molecule has 0 bridgehead atoms. The highest BCUT2D eigenvalue weighted by atomic mass is 32.1. The molecule has 7 heteroatoms. The van der Waals surface area contributed by atoms with E-state index in [-0.39, 0.29) is 18.5 Å². The van der Waals surface area contributed by atoms with Crippen LogP contribution in [-0.2, 0) is 11.3 Å². The number of nitriles is 1. The summed E-state index contributed by atoms with van der Waals surface area (Å²) in [4.78, 5) is 16.1. The van der Waals surface area contributed by atoms with Gasteiger partial charge >= 0.3 is 0 Å². The van der Waals surface area contributed by atoms with Crippen LogP contribution in [0, 0.1) is 11.3 Å². The van der Waals surface area contributed by atoms with E-state index in [1.807, 2.05) is 59.8 Å². The Labute approximate surface area is 173 Å². The minimum Gasteiger partial charge on any atom is -0.463 e. The fourth-order valence-electron chi connectivity index (χ4n) is 3.44.